The normalized spacial score (nSPS) is 14.4. The summed E-state index contributed by atoms with van der Waals surface area (Å²) in [5.74, 6) is -0.952. The van der Waals surface area contributed by atoms with Crippen molar-refractivity contribution in [1.29, 1.82) is 0 Å². The minimum Gasteiger partial charge on any atom is -0.481 e. The number of aliphatic hydroxyl groups excluding tert-OH is 1. The van der Waals surface area contributed by atoms with E-state index in [0.717, 1.165) is 0 Å². The third-order valence-corrected chi connectivity index (χ3v) is 2.61. The van der Waals surface area contributed by atoms with Crippen molar-refractivity contribution < 1.29 is 15.0 Å². The van der Waals surface area contributed by atoms with E-state index in [1.54, 1.807) is 31.3 Å². The van der Waals surface area contributed by atoms with Crippen LogP contribution in [0.5, 0.6) is 0 Å². The van der Waals surface area contributed by atoms with Gasteiger partial charge in [-0.3, -0.25) is 4.79 Å². The van der Waals surface area contributed by atoms with Crippen LogP contribution in [0, 0.1) is 0 Å². The predicted molar refractivity (Wildman–Crippen MR) is 61.5 cm³/mol. The first-order chi connectivity index (χ1) is 7.54. The topological polar surface area (TPSA) is 69.6 Å². The van der Waals surface area contributed by atoms with Gasteiger partial charge in [-0.2, -0.15) is 0 Å². The summed E-state index contributed by atoms with van der Waals surface area (Å²) in [6.07, 6.45) is -1.00. The van der Waals surface area contributed by atoms with Gasteiger partial charge in [-0.15, -0.1) is 0 Å². The van der Waals surface area contributed by atoms with E-state index < -0.39 is 18.1 Å². The zero-order valence-electron chi connectivity index (χ0n) is 8.85. The number of likely N-dealkylation sites (N-methyl/N-ethyl adjacent to an activating group) is 1. The van der Waals surface area contributed by atoms with Crippen LogP contribution in [0.25, 0.3) is 0 Å². The summed E-state index contributed by atoms with van der Waals surface area (Å²) >= 11 is 5.72. The van der Waals surface area contributed by atoms with Crippen LogP contribution in [0.3, 0.4) is 0 Å². The van der Waals surface area contributed by atoms with E-state index in [9.17, 15) is 9.90 Å². The standard InChI is InChI=1S/C11H14ClNO3/c1-13-9(6-10(14)15)11(16)7-2-4-8(12)5-3-7/h2-5,9,11,13,16H,6H2,1H3,(H,14,15). The molecule has 0 fully saturated rings. The van der Waals surface area contributed by atoms with E-state index in [4.69, 9.17) is 16.7 Å². The molecule has 0 heterocycles. The highest BCUT2D eigenvalue weighted by atomic mass is 35.5. The van der Waals surface area contributed by atoms with Gasteiger partial charge in [0.2, 0.25) is 0 Å². The summed E-state index contributed by atoms with van der Waals surface area (Å²) in [5.41, 5.74) is 0.644. The van der Waals surface area contributed by atoms with Crippen LogP contribution in [0.1, 0.15) is 18.1 Å². The molecule has 0 aliphatic heterocycles. The lowest BCUT2D eigenvalue weighted by Gasteiger charge is -2.21. The number of hydrogen-bond acceptors (Lipinski definition) is 3. The average molecular weight is 244 g/mol. The molecule has 0 amide bonds. The molecule has 2 atom stereocenters. The van der Waals surface area contributed by atoms with Crippen LogP contribution < -0.4 is 5.32 Å². The number of nitrogens with one attached hydrogen (secondary N) is 1. The molecule has 1 aromatic rings. The minimum atomic E-state index is -0.952. The number of carboxylic acid groups (broad SMARTS) is 1. The molecule has 0 radical (unpaired) electrons. The fraction of sp³-hybridized carbons (Fsp3) is 0.364. The number of hydrogen-bond donors (Lipinski definition) is 3. The first-order valence-electron chi connectivity index (χ1n) is 4.87. The molecule has 0 saturated carbocycles. The van der Waals surface area contributed by atoms with Crippen LogP contribution in [0.2, 0.25) is 5.02 Å². The molecular weight excluding hydrogens is 230 g/mol. The molecule has 1 rings (SSSR count). The zero-order valence-corrected chi connectivity index (χ0v) is 9.61. The highest BCUT2D eigenvalue weighted by Crippen LogP contribution is 2.20. The Balaban J connectivity index is 2.78. The Morgan fingerprint density at radius 3 is 2.44 bits per heavy atom. The Morgan fingerprint density at radius 2 is 2.00 bits per heavy atom. The number of rotatable bonds is 5. The number of aliphatic hydroxyl groups is 1. The fourth-order valence-corrected chi connectivity index (χ4v) is 1.58. The van der Waals surface area contributed by atoms with E-state index in [-0.39, 0.29) is 6.42 Å². The lowest BCUT2D eigenvalue weighted by Crippen LogP contribution is -2.34. The Hall–Kier alpha value is -1.10. The van der Waals surface area contributed by atoms with Crippen molar-refractivity contribution in [2.45, 2.75) is 18.6 Å². The van der Waals surface area contributed by atoms with Crippen LogP contribution in [-0.4, -0.2) is 29.3 Å². The van der Waals surface area contributed by atoms with Crippen molar-refractivity contribution in [3.05, 3.63) is 34.9 Å². The first kappa shape index (κ1) is 13.0. The summed E-state index contributed by atoms with van der Waals surface area (Å²) in [6.45, 7) is 0. The van der Waals surface area contributed by atoms with E-state index >= 15 is 0 Å². The van der Waals surface area contributed by atoms with E-state index in [2.05, 4.69) is 5.32 Å². The number of carboxylic acids is 1. The van der Waals surface area contributed by atoms with Crippen LogP contribution in [0.15, 0.2) is 24.3 Å². The quantitative estimate of drug-likeness (QED) is 0.732. The maximum absolute atomic E-state index is 10.6. The van der Waals surface area contributed by atoms with Gasteiger partial charge in [0.15, 0.2) is 0 Å². The van der Waals surface area contributed by atoms with Gasteiger partial charge in [-0.1, -0.05) is 23.7 Å². The van der Waals surface area contributed by atoms with Gasteiger partial charge < -0.3 is 15.5 Å². The highest BCUT2D eigenvalue weighted by molar-refractivity contribution is 6.30. The molecule has 0 bridgehead atoms. The van der Waals surface area contributed by atoms with Gasteiger partial charge in [0.05, 0.1) is 12.5 Å². The molecule has 0 saturated heterocycles. The Bertz CT molecular complexity index is 353. The lowest BCUT2D eigenvalue weighted by atomic mass is 10.00. The van der Waals surface area contributed by atoms with Gasteiger partial charge >= 0.3 is 5.97 Å². The molecule has 4 nitrogen and oxygen atoms in total. The molecule has 3 N–H and O–H groups in total. The largest absolute Gasteiger partial charge is 0.481 e. The van der Waals surface area contributed by atoms with Crippen molar-refractivity contribution in [1.82, 2.24) is 5.32 Å². The maximum Gasteiger partial charge on any atom is 0.305 e. The molecular formula is C11H14ClNO3. The molecule has 16 heavy (non-hydrogen) atoms. The van der Waals surface area contributed by atoms with Crippen molar-refractivity contribution >= 4 is 17.6 Å². The summed E-state index contributed by atoms with van der Waals surface area (Å²) in [5, 5.41) is 22.0. The first-order valence-corrected chi connectivity index (χ1v) is 5.25. The average Bonchev–Trinajstić information content (AvgIpc) is 2.25. The summed E-state index contributed by atoms with van der Waals surface area (Å²) in [4.78, 5) is 10.6. The maximum atomic E-state index is 10.6. The molecule has 5 heteroatoms. The number of carbonyl (C=O) groups is 1. The molecule has 88 valence electrons. The van der Waals surface area contributed by atoms with Crippen LogP contribution in [0.4, 0.5) is 0 Å². The van der Waals surface area contributed by atoms with Crippen molar-refractivity contribution in [3.8, 4) is 0 Å². The number of aliphatic carboxylic acids is 1. The third kappa shape index (κ3) is 3.48. The highest BCUT2D eigenvalue weighted by Gasteiger charge is 2.21. The zero-order chi connectivity index (χ0) is 12.1. The molecule has 0 aliphatic carbocycles. The van der Waals surface area contributed by atoms with Gasteiger partial charge in [-0.05, 0) is 24.7 Å². The molecule has 1 aromatic carbocycles. The molecule has 0 spiro atoms. The predicted octanol–water partition coefficient (Wildman–Crippen LogP) is 1.44. The second-order valence-electron chi connectivity index (χ2n) is 3.49. The second-order valence-corrected chi connectivity index (χ2v) is 3.93. The van der Waals surface area contributed by atoms with Crippen LogP contribution >= 0.6 is 11.6 Å². The number of halogens is 1. The van der Waals surface area contributed by atoms with Crippen molar-refractivity contribution in [3.63, 3.8) is 0 Å². The third-order valence-electron chi connectivity index (χ3n) is 2.36. The van der Waals surface area contributed by atoms with Crippen molar-refractivity contribution in [2.75, 3.05) is 7.05 Å². The summed E-state index contributed by atoms with van der Waals surface area (Å²) < 4.78 is 0. The summed E-state index contributed by atoms with van der Waals surface area (Å²) in [6, 6.07) is 6.17. The number of benzene rings is 1. The van der Waals surface area contributed by atoms with Gasteiger partial charge in [0.25, 0.3) is 0 Å². The molecule has 0 aliphatic rings. The van der Waals surface area contributed by atoms with Crippen molar-refractivity contribution in [2.24, 2.45) is 0 Å². The monoisotopic (exact) mass is 243 g/mol. The van der Waals surface area contributed by atoms with Crippen LogP contribution in [-0.2, 0) is 4.79 Å². The molecule has 2 unspecified atom stereocenters. The minimum absolute atomic E-state index is 0.139. The SMILES string of the molecule is CNC(CC(=O)O)C(O)c1ccc(Cl)cc1. The summed E-state index contributed by atoms with van der Waals surface area (Å²) in [7, 11) is 1.62. The lowest BCUT2D eigenvalue weighted by molar-refractivity contribution is -0.138. The Kier molecular flexibility index (Phi) is 4.73. The van der Waals surface area contributed by atoms with Gasteiger partial charge in [0.1, 0.15) is 0 Å². The Labute approximate surface area is 98.9 Å². The second kappa shape index (κ2) is 5.84. The molecule has 0 aromatic heterocycles. The van der Waals surface area contributed by atoms with Gasteiger partial charge in [0, 0.05) is 11.1 Å². The van der Waals surface area contributed by atoms with E-state index in [0.29, 0.717) is 10.6 Å². The fourth-order valence-electron chi connectivity index (χ4n) is 1.45. The van der Waals surface area contributed by atoms with E-state index in [1.165, 1.54) is 0 Å². The smallest absolute Gasteiger partial charge is 0.305 e. The Morgan fingerprint density at radius 1 is 1.44 bits per heavy atom. The van der Waals surface area contributed by atoms with Gasteiger partial charge in [-0.25, -0.2) is 0 Å². The van der Waals surface area contributed by atoms with E-state index in [1.807, 2.05) is 0 Å².